The van der Waals surface area contributed by atoms with Crippen LogP contribution in [0, 0.1) is 0 Å². The van der Waals surface area contributed by atoms with E-state index in [1.807, 2.05) is 24.6 Å². The number of likely N-dealkylation sites (N-methyl/N-ethyl adjacent to an activating group) is 1. The molecule has 2 heterocycles. The van der Waals surface area contributed by atoms with Gasteiger partial charge in [0.2, 0.25) is 17.6 Å². The van der Waals surface area contributed by atoms with Gasteiger partial charge in [-0.3, -0.25) is 4.79 Å². The molecule has 0 aliphatic rings. The summed E-state index contributed by atoms with van der Waals surface area (Å²) in [6, 6.07) is 3.90. The van der Waals surface area contributed by atoms with Crippen LogP contribution in [0.25, 0.3) is 10.7 Å². The van der Waals surface area contributed by atoms with Gasteiger partial charge in [0, 0.05) is 25.9 Å². The van der Waals surface area contributed by atoms with Crippen LogP contribution in [-0.2, 0) is 11.2 Å². The zero-order valence-corrected chi connectivity index (χ0v) is 12.2. The van der Waals surface area contributed by atoms with Crippen molar-refractivity contribution >= 4 is 17.2 Å². The van der Waals surface area contributed by atoms with E-state index in [0.717, 1.165) is 11.4 Å². The number of carbonyl (C=O) groups is 1. The molecular formula is C13H18N4O2S. The highest BCUT2D eigenvalue weighted by Crippen LogP contribution is 2.21. The smallest absolute Gasteiger partial charge is 0.226 e. The van der Waals surface area contributed by atoms with Crippen LogP contribution in [-0.4, -0.2) is 36.2 Å². The van der Waals surface area contributed by atoms with Crippen molar-refractivity contribution in [3.63, 3.8) is 0 Å². The SMILES string of the molecule is CNCCNC(=O)CCCc1nc(-c2cccs2)no1. The minimum atomic E-state index is 0.0539. The summed E-state index contributed by atoms with van der Waals surface area (Å²) in [5.41, 5.74) is 0. The minimum absolute atomic E-state index is 0.0539. The topological polar surface area (TPSA) is 80.0 Å². The van der Waals surface area contributed by atoms with Gasteiger partial charge in [-0.2, -0.15) is 4.98 Å². The van der Waals surface area contributed by atoms with Gasteiger partial charge >= 0.3 is 0 Å². The third-order valence-electron chi connectivity index (χ3n) is 2.70. The van der Waals surface area contributed by atoms with E-state index in [-0.39, 0.29) is 5.91 Å². The first-order chi connectivity index (χ1) is 9.79. The van der Waals surface area contributed by atoms with Gasteiger partial charge in [0.25, 0.3) is 0 Å². The molecule has 0 aromatic carbocycles. The highest BCUT2D eigenvalue weighted by molar-refractivity contribution is 7.13. The van der Waals surface area contributed by atoms with Crippen molar-refractivity contribution in [1.29, 1.82) is 0 Å². The van der Waals surface area contributed by atoms with E-state index in [0.29, 0.717) is 37.5 Å². The van der Waals surface area contributed by atoms with Gasteiger partial charge in [0.1, 0.15) is 0 Å². The molecule has 108 valence electrons. The standard InChI is InChI=1S/C13H18N4O2S/c1-14-7-8-15-11(18)5-2-6-12-16-13(17-19-12)10-4-3-9-20-10/h3-4,9,14H,2,5-8H2,1H3,(H,15,18). The summed E-state index contributed by atoms with van der Waals surface area (Å²) in [7, 11) is 1.85. The predicted molar refractivity (Wildman–Crippen MR) is 77.5 cm³/mol. The largest absolute Gasteiger partial charge is 0.355 e. The van der Waals surface area contributed by atoms with E-state index in [4.69, 9.17) is 4.52 Å². The van der Waals surface area contributed by atoms with Crippen LogP contribution in [0.2, 0.25) is 0 Å². The van der Waals surface area contributed by atoms with Crippen LogP contribution >= 0.6 is 11.3 Å². The average molecular weight is 294 g/mol. The molecule has 0 bridgehead atoms. The van der Waals surface area contributed by atoms with Crippen molar-refractivity contribution in [3.8, 4) is 10.7 Å². The first-order valence-corrected chi connectivity index (χ1v) is 7.45. The molecule has 0 atom stereocenters. The molecule has 0 fully saturated rings. The molecular weight excluding hydrogens is 276 g/mol. The Hall–Kier alpha value is -1.73. The third-order valence-corrected chi connectivity index (χ3v) is 3.57. The Kier molecular flexibility index (Phi) is 5.69. The lowest BCUT2D eigenvalue weighted by molar-refractivity contribution is -0.121. The van der Waals surface area contributed by atoms with Gasteiger partial charge in [-0.15, -0.1) is 11.3 Å². The quantitative estimate of drug-likeness (QED) is 0.720. The second-order valence-electron chi connectivity index (χ2n) is 4.30. The Balaban J connectivity index is 1.71. The Bertz CT molecular complexity index is 524. The summed E-state index contributed by atoms with van der Waals surface area (Å²) in [6.07, 6.45) is 1.80. The second kappa shape index (κ2) is 7.76. The monoisotopic (exact) mass is 294 g/mol. The fraction of sp³-hybridized carbons (Fsp3) is 0.462. The van der Waals surface area contributed by atoms with Gasteiger partial charge in [0.05, 0.1) is 4.88 Å². The predicted octanol–water partition coefficient (Wildman–Crippen LogP) is 1.46. The fourth-order valence-electron chi connectivity index (χ4n) is 1.68. The molecule has 0 unspecified atom stereocenters. The van der Waals surface area contributed by atoms with Gasteiger partial charge in [-0.05, 0) is 24.9 Å². The minimum Gasteiger partial charge on any atom is -0.355 e. The molecule has 6 nitrogen and oxygen atoms in total. The van der Waals surface area contributed by atoms with Crippen molar-refractivity contribution in [2.75, 3.05) is 20.1 Å². The normalized spacial score (nSPS) is 10.7. The summed E-state index contributed by atoms with van der Waals surface area (Å²) < 4.78 is 5.17. The zero-order valence-electron chi connectivity index (χ0n) is 11.4. The molecule has 2 N–H and O–H groups in total. The van der Waals surface area contributed by atoms with Gasteiger partial charge in [0.15, 0.2) is 0 Å². The number of carbonyl (C=O) groups excluding carboxylic acids is 1. The summed E-state index contributed by atoms with van der Waals surface area (Å²) in [4.78, 5) is 16.8. The second-order valence-corrected chi connectivity index (χ2v) is 5.24. The maximum absolute atomic E-state index is 11.5. The van der Waals surface area contributed by atoms with Gasteiger partial charge in [-0.1, -0.05) is 11.2 Å². The number of aryl methyl sites for hydroxylation is 1. The molecule has 2 aromatic heterocycles. The number of hydrogen-bond acceptors (Lipinski definition) is 6. The summed E-state index contributed by atoms with van der Waals surface area (Å²) in [5.74, 6) is 1.25. The lowest BCUT2D eigenvalue weighted by atomic mass is 10.2. The van der Waals surface area contributed by atoms with Crippen LogP contribution < -0.4 is 10.6 Å². The number of nitrogens with zero attached hydrogens (tertiary/aromatic N) is 2. The van der Waals surface area contributed by atoms with E-state index in [2.05, 4.69) is 20.8 Å². The number of rotatable bonds is 8. The molecule has 20 heavy (non-hydrogen) atoms. The van der Waals surface area contributed by atoms with Crippen LogP contribution in [0.5, 0.6) is 0 Å². The molecule has 0 spiro atoms. The zero-order chi connectivity index (χ0) is 14.2. The number of amides is 1. The third kappa shape index (κ3) is 4.43. The van der Waals surface area contributed by atoms with Crippen LogP contribution in [0.15, 0.2) is 22.0 Å². The molecule has 1 amide bonds. The van der Waals surface area contributed by atoms with Gasteiger partial charge in [-0.25, -0.2) is 0 Å². The van der Waals surface area contributed by atoms with Crippen molar-refractivity contribution in [3.05, 3.63) is 23.4 Å². The molecule has 7 heteroatoms. The van der Waals surface area contributed by atoms with Crippen molar-refractivity contribution in [2.45, 2.75) is 19.3 Å². The Morgan fingerprint density at radius 1 is 1.45 bits per heavy atom. The molecule has 0 saturated carbocycles. The van der Waals surface area contributed by atoms with Crippen molar-refractivity contribution in [1.82, 2.24) is 20.8 Å². The first-order valence-electron chi connectivity index (χ1n) is 6.57. The van der Waals surface area contributed by atoms with Crippen molar-refractivity contribution < 1.29 is 9.32 Å². The summed E-state index contributed by atoms with van der Waals surface area (Å²) >= 11 is 1.57. The molecule has 0 aliphatic carbocycles. The van der Waals surface area contributed by atoms with Crippen LogP contribution in [0.3, 0.4) is 0 Å². The Labute approximate surface area is 121 Å². The van der Waals surface area contributed by atoms with E-state index >= 15 is 0 Å². The molecule has 2 aromatic rings. The van der Waals surface area contributed by atoms with E-state index in [1.54, 1.807) is 11.3 Å². The first kappa shape index (κ1) is 14.7. The Morgan fingerprint density at radius 2 is 2.35 bits per heavy atom. The van der Waals surface area contributed by atoms with Crippen LogP contribution in [0.1, 0.15) is 18.7 Å². The molecule has 0 radical (unpaired) electrons. The number of thiophene rings is 1. The van der Waals surface area contributed by atoms with Crippen LogP contribution in [0.4, 0.5) is 0 Å². The van der Waals surface area contributed by atoms with Gasteiger partial charge < -0.3 is 15.2 Å². The number of aromatic nitrogens is 2. The van der Waals surface area contributed by atoms with E-state index < -0.39 is 0 Å². The lowest BCUT2D eigenvalue weighted by Gasteiger charge is -2.03. The lowest BCUT2D eigenvalue weighted by Crippen LogP contribution is -2.30. The number of nitrogens with one attached hydrogen (secondary N) is 2. The molecule has 0 aliphatic heterocycles. The Morgan fingerprint density at radius 3 is 3.10 bits per heavy atom. The van der Waals surface area contributed by atoms with Crippen molar-refractivity contribution in [2.24, 2.45) is 0 Å². The maximum atomic E-state index is 11.5. The highest BCUT2D eigenvalue weighted by Gasteiger charge is 2.09. The fourth-order valence-corrected chi connectivity index (χ4v) is 2.33. The summed E-state index contributed by atoms with van der Waals surface area (Å²) in [5, 5.41) is 11.7. The average Bonchev–Trinajstić information content (AvgIpc) is 3.09. The molecule has 0 saturated heterocycles. The van der Waals surface area contributed by atoms with E-state index in [9.17, 15) is 4.79 Å². The summed E-state index contributed by atoms with van der Waals surface area (Å²) in [6.45, 7) is 1.43. The van der Waals surface area contributed by atoms with E-state index in [1.165, 1.54) is 0 Å². The highest BCUT2D eigenvalue weighted by atomic mass is 32.1. The number of hydrogen-bond donors (Lipinski definition) is 2. The molecule has 2 rings (SSSR count). The maximum Gasteiger partial charge on any atom is 0.226 e.